The van der Waals surface area contributed by atoms with Crippen LogP contribution < -0.4 is 5.32 Å². The lowest BCUT2D eigenvalue weighted by atomic mass is 9.79. The van der Waals surface area contributed by atoms with E-state index in [1.807, 2.05) is 19.2 Å². The minimum atomic E-state index is -0.716. The van der Waals surface area contributed by atoms with E-state index in [2.05, 4.69) is 16.5 Å². The highest BCUT2D eigenvalue weighted by Crippen LogP contribution is 2.45. The van der Waals surface area contributed by atoms with Crippen molar-refractivity contribution in [3.05, 3.63) is 41.8 Å². The van der Waals surface area contributed by atoms with E-state index in [0.29, 0.717) is 24.1 Å². The Bertz CT molecular complexity index is 693. The number of aryl methyl sites for hydroxylation is 1. The average Bonchev–Trinajstić information content (AvgIpc) is 3.10. The number of halogens is 1. The lowest BCUT2D eigenvalue weighted by molar-refractivity contribution is 0.517. The number of benzene rings is 1. The van der Waals surface area contributed by atoms with Gasteiger partial charge >= 0.3 is 0 Å². The molecule has 0 unspecified atom stereocenters. The lowest BCUT2D eigenvalue weighted by Gasteiger charge is -2.25. The highest BCUT2D eigenvalue weighted by atomic mass is 19.1. The summed E-state index contributed by atoms with van der Waals surface area (Å²) in [6.07, 6.45) is 5.03. The van der Waals surface area contributed by atoms with Crippen LogP contribution in [-0.2, 0) is 12.5 Å². The molecule has 1 saturated carbocycles. The van der Waals surface area contributed by atoms with Crippen LogP contribution in [0.25, 0.3) is 0 Å². The number of anilines is 2. The number of nitriles is 1. The molecule has 5 heteroatoms. The predicted molar refractivity (Wildman–Crippen MR) is 78.6 cm³/mol. The monoisotopic (exact) mass is 284 g/mol. The summed E-state index contributed by atoms with van der Waals surface area (Å²) in [5, 5.41) is 16.9. The minimum Gasteiger partial charge on any atom is -0.340 e. The summed E-state index contributed by atoms with van der Waals surface area (Å²) >= 11 is 0. The second-order valence-electron chi connectivity index (χ2n) is 5.53. The molecule has 108 valence electrons. The fourth-order valence-corrected chi connectivity index (χ4v) is 3.15. The van der Waals surface area contributed by atoms with Crippen LogP contribution in [0.5, 0.6) is 0 Å². The molecule has 3 rings (SSSR count). The van der Waals surface area contributed by atoms with Crippen LogP contribution in [0.3, 0.4) is 0 Å². The van der Waals surface area contributed by atoms with Crippen LogP contribution >= 0.6 is 0 Å². The first-order valence-electron chi connectivity index (χ1n) is 7.11. The van der Waals surface area contributed by atoms with Gasteiger partial charge in [-0.1, -0.05) is 18.9 Å². The van der Waals surface area contributed by atoms with Crippen molar-refractivity contribution in [1.29, 1.82) is 5.26 Å². The summed E-state index contributed by atoms with van der Waals surface area (Å²) in [4.78, 5) is 0. The molecule has 1 heterocycles. The molecular formula is C16H17FN4. The van der Waals surface area contributed by atoms with E-state index in [9.17, 15) is 9.65 Å². The molecular weight excluding hydrogens is 267 g/mol. The van der Waals surface area contributed by atoms with E-state index in [1.54, 1.807) is 16.9 Å². The standard InChI is InChI=1S/C16H17FN4/c1-21-14(7-10-19-21)20-13-6-4-5-12(17)15(13)16(11-18)8-2-3-9-16/h4-7,10,20H,2-3,8-9H2,1H3. The second kappa shape index (κ2) is 5.21. The van der Waals surface area contributed by atoms with Gasteiger partial charge in [0.25, 0.3) is 0 Å². The average molecular weight is 284 g/mol. The van der Waals surface area contributed by atoms with E-state index in [1.165, 1.54) is 6.07 Å². The van der Waals surface area contributed by atoms with Gasteiger partial charge in [0.1, 0.15) is 11.6 Å². The third kappa shape index (κ3) is 2.27. The number of nitrogens with one attached hydrogen (secondary N) is 1. The maximum absolute atomic E-state index is 14.4. The Hall–Kier alpha value is -2.35. The van der Waals surface area contributed by atoms with Crippen molar-refractivity contribution in [2.75, 3.05) is 5.32 Å². The lowest BCUT2D eigenvalue weighted by Crippen LogP contribution is -2.23. The molecule has 1 aliphatic rings. The van der Waals surface area contributed by atoms with Crippen molar-refractivity contribution in [2.24, 2.45) is 7.05 Å². The Balaban J connectivity index is 2.08. The number of hydrogen-bond acceptors (Lipinski definition) is 3. The first kappa shape index (κ1) is 13.6. The molecule has 0 atom stereocenters. The fraction of sp³-hybridized carbons (Fsp3) is 0.375. The van der Waals surface area contributed by atoms with E-state index in [4.69, 9.17) is 0 Å². The molecule has 0 spiro atoms. The molecule has 0 saturated heterocycles. The largest absolute Gasteiger partial charge is 0.340 e. The molecule has 4 nitrogen and oxygen atoms in total. The van der Waals surface area contributed by atoms with Crippen LogP contribution in [0.4, 0.5) is 15.9 Å². The van der Waals surface area contributed by atoms with E-state index in [0.717, 1.165) is 18.7 Å². The molecule has 0 amide bonds. The smallest absolute Gasteiger partial charge is 0.130 e. The molecule has 1 fully saturated rings. The topological polar surface area (TPSA) is 53.6 Å². The van der Waals surface area contributed by atoms with Crippen molar-refractivity contribution < 1.29 is 4.39 Å². The number of hydrogen-bond donors (Lipinski definition) is 1. The Morgan fingerprint density at radius 3 is 2.71 bits per heavy atom. The van der Waals surface area contributed by atoms with Gasteiger partial charge in [-0.05, 0) is 25.0 Å². The van der Waals surface area contributed by atoms with Gasteiger partial charge in [0.2, 0.25) is 0 Å². The summed E-state index contributed by atoms with van der Waals surface area (Å²) in [7, 11) is 1.82. The van der Waals surface area contributed by atoms with Crippen LogP contribution in [-0.4, -0.2) is 9.78 Å². The Morgan fingerprint density at radius 1 is 1.33 bits per heavy atom. The first-order chi connectivity index (χ1) is 10.2. The molecule has 0 radical (unpaired) electrons. The zero-order valence-corrected chi connectivity index (χ0v) is 11.9. The Kier molecular flexibility index (Phi) is 3.38. The van der Waals surface area contributed by atoms with Crippen molar-refractivity contribution in [3.63, 3.8) is 0 Å². The van der Waals surface area contributed by atoms with E-state index in [-0.39, 0.29) is 5.82 Å². The van der Waals surface area contributed by atoms with Gasteiger partial charge < -0.3 is 5.32 Å². The van der Waals surface area contributed by atoms with Crippen LogP contribution in [0.2, 0.25) is 0 Å². The minimum absolute atomic E-state index is 0.314. The second-order valence-corrected chi connectivity index (χ2v) is 5.53. The fourth-order valence-electron chi connectivity index (χ4n) is 3.15. The van der Waals surface area contributed by atoms with Crippen molar-refractivity contribution in [3.8, 4) is 6.07 Å². The molecule has 0 aliphatic heterocycles. The Morgan fingerprint density at radius 2 is 2.10 bits per heavy atom. The van der Waals surface area contributed by atoms with E-state index >= 15 is 0 Å². The summed E-state index contributed by atoms with van der Waals surface area (Å²) < 4.78 is 16.1. The first-order valence-corrected chi connectivity index (χ1v) is 7.11. The normalized spacial score (nSPS) is 16.6. The quantitative estimate of drug-likeness (QED) is 0.936. The zero-order valence-electron chi connectivity index (χ0n) is 11.9. The van der Waals surface area contributed by atoms with Crippen LogP contribution in [0.1, 0.15) is 31.2 Å². The summed E-state index contributed by atoms with van der Waals surface area (Å²) in [5.74, 6) is 0.457. The van der Waals surface area contributed by atoms with Gasteiger partial charge in [-0.25, -0.2) is 4.39 Å². The van der Waals surface area contributed by atoms with Crippen molar-refractivity contribution >= 4 is 11.5 Å². The molecule has 1 aliphatic carbocycles. The third-order valence-corrected chi connectivity index (χ3v) is 4.25. The van der Waals surface area contributed by atoms with Crippen LogP contribution in [0, 0.1) is 17.1 Å². The predicted octanol–water partition coefficient (Wildman–Crippen LogP) is 3.64. The van der Waals surface area contributed by atoms with Gasteiger partial charge in [0.15, 0.2) is 0 Å². The highest BCUT2D eigenvalue weighted by Gasteiger charge is 2.39. The van der Waals surface area contributed by atoms with Gasteiger partial charge in [0, 0.05) is 24.4 Å². The Labute approximate surface area is 123 Å². The molecule has 0 bridgehead atoms. The maximum Gasteiger partial charge on any atom is 0.130 e. The summed E-state index contributed by atoms with van der Waals surface area (Å²) in [5.41, 5.74) is 0.431. The molecule has 1 aromatic heterocycles. The zero-order chi connectivity index (χ0) is 14.9. The number of nitrogens with zero attached hydrogens (tertiary/aromatic N) is 3. The molecule has 1 aromatic carbocycles. The SMILES string of the molecule is Cn1nccc1Nc1cccc(F)c1C1(C#N)CCCC1. The van der Waals surface area contributed by atoms with Gasteiger partial charge in [-0.2, -0.15) is 10.4 Å². The highest BCUT2D eigenvalue weighted by molar-refractivity contribution is 5.64. The van der Waals surface area contributed by atoms with Crippen LogP contribution in [0.15, 0.2) is 30.5 Å². The van der Waals surface area contributed by atoms with Gasteiger partial charge in [-0.15, -0.1) is 0 Å². The third-order valence-electron chi connectivity index (χ3n) is 4.25. The summed E-state index contributed by atoms with van der Waals surface area (Å²) in [6.45, 7) is 0. The van der Waals surface area contributed by atoms with E-state index < -0.39 is 5.41 Å². The molecule has 1 N–H and O–H groups in total. The number of rotatable bonds is 3. The molecule has 21 heavy (non-hydrogen) atoms. The van der Waals surface area contributed by atoms with Crippen molar-refractivity contribution in [2.45, 2.75) is 31.1 Å². The van der Waals surface area contributed by atoms with Gasteiger partial charge in [0.05, 0.1) is 17.7 Å². The summed E-state index contributed by atoms with van der Waals surface area (Å²) in [6, 6.07) is 9.11. The maximum atomic E-state index is 14.4. The molecule has 2 aromatic rings. The van der Waals surface area contributed by atoms with Gasteiger partial charge in [-0.3, -0.25) is 4.68 Å². The number of aromatic nitrogens is 2. The van der Waals surface area contributed by atoms with Crippen molar-refractivity contribution in [1.82, 2.24) is 9.78 Å².